The van der Waals surface area contributed by atoms with Crippen LogP contribution in [-0.4, -0.2) is 0 Å². The van der Waals surface area contributed by atoms with Crippen LogP contribution < -0.4 is 4.90 Å². The van der Waals surface area contributed by atoms with Crippen molar-refractivity contribution in [2.24, 2.45) is 0 Å². The fourth-order valence-electron chi connectivity index (χ4n) is 8.11. The van der Waals surface area contributed by atoms with Gasteiger partial charge in [0.2, 0.25) is 0 Å². The Labute approximate surface area is 310 Å². The molecule has 0 unspecified atom stereocenters. The van der Waals surface area contributed by atoms with Crippen LogP contribution in [0.3, 0.4) is 0 Å². The molecule has 3 heteroatoms. The third-order valence-electron chi connectivity index (χ3n) is 10.7. The maximum absolute atomic E-state index is 6.91. The van der Waals surface area contributed by atoms with E-state index >= 15 is 0 Å². The molecule has 11 rings (SSSR count). The summed E-state index contributed by atoms with van der Waals surface area (Å²) in [6.07, 6.45) is 0. The molecule has 248 valence electrons. The number of nitrogens with zero attached hydrogens (tertiary/aromatic N) is 1. The lowest BCUT2D eigenvalue weighted by Crippen LogP contribution is -2.11. The topological polar surface area (TPSA) is 16.4 Å². The summed E-state index contributed by atoms with van der Waals surface area (Å²) < 4.78 is 9.46. The van der Waals surface area contributed by atoms with E-state index in [2.05, 4.69) is 193 Å². The molecule has 0 aliphatic carbocycles. The Hall–Kier alpha value is -6.68. The van der Waals surface area contributed by atoms with Gasteiger partial charge >= 0.3 is 0 Å². The number of anilines is 3. The van der Waals surface area contributed by atoms with Crippen LogP contribution in [0.4, 0.5) is 17.1 Å². The molecule has 9 aromatic carbocycles. The summed E-state index contributed by atoms with van der Waals surface area (Å²) in [4.78, 5) is 2.41. The van der Waals surface area contributed by atoms with Gasteiger partial charge in [0.15, 0.2) is 5.58 Å². The monoisotopic (exact) mass is 693 g/mol. The van der Waals surface area contributed by atoms with Crippen LogP contribution in [0.15, 0.2) is 192 Å². The SMILES string of the molecule is c1ccc2cc(-c3ccc(N(c4ccc5c(c4)sc4ccccc45)c4c(-c5cccc6ccccc56)ccc5c4oc4ccccc45)cc3)ccc2c1. The van der Waals surface area contributed by atoms with Gasteiger partial charge in [-0.05, 0) is 86.8 Å². The Bertz CT molecular complexity index is 3180. The summed E-state index contributed by atoms with van der Waals surface area (Å²) in [5.41, 5.74) is 9.57. The average molecular weight is 694 g/mol. The van der Waals surface area contributed by atoms with Gasteiger partial charge in [-0.25, -0.2) is 0 Å². The predicted molar refractivity (Wildman–Crippen MR) is 227 cm³/mol. The molecule has 2 aromatic heterocycles. The van der Waals surface area contributed by atoms with Crippen LogP contribution in [0.2, 0.25) is 0 Å². The number of rotatable bonds is 5. The first-order valence-electron chi connectivity index (χ1n) is 18.0. The van der Waals surface area contributed by atoms with Crippen LogP contribution >= 0.6 is 11.3 Å². The van der Waals surface area contributed by atoms with Crippen molar-refractivity contribution >= 4 is 92.1 Å². The maximum atomic E-state index is 6.91. The Kier molecular flexibility index (Phi) is 6.76. The van der Waals surface area contributed by atoms with E-state index < -0.39 is 0 Å². The molecule has 0 spiro atoms. The second kappa shape index (κ2) is 11.9. The maximum Gasteiger partial charge on any atom is 0.160 e. The zero-order valence-electron chi connectivity index (χ0n) is 28.7. The molecule has 0 amide bonds. The van der Waals surface area contributed by atoms with Crippen molar-refractivity contribution in [1.82, 2.24) is 0 Å². The minimum absolute atomic E-state index is 0.867. The molecule has 0 fully saturated rings. The van der Waals surface area contributed by atoms with E-state index in [1.165, 1.54) is 58.4 Å². The summed E-state index contributed by atoms with van der Waals surface area (Å²) in [5, 5.41) is 9.68. The molecule has 0 atom stereocenters. The van der Waals surface area contributed by atoms with Crippen molar-refractivity contribution in [3.05, 3.63) is 188 Å². The zero-order valence-corrected chi connectivity index (χ0v) is 29.5. The van der Waals surface area contributed by atoms with E-state index in [4.69, 9.17) is 4.42 Å². The normalized spacial score (nSPS) is 11.8. The van der Waals surface area contributed by atoms with E-state index in [9.17, 15) is 0 Å². The summed E-state index contributed by atoms with van der Waals surface area (Å²) in [6.45, 7) is 0. The fourth-order valence-corrected chi connectivity index (χ4v) is 9.25. The Morgan fingerprint density at radius 2 is 1.04 bits per heavy atom. The van der Waals surface area contributed by atoms with Gasteiger partial charge in [-0.15, -0.1) is 11.3 Å². The van der Waals surface area contributed by atoms with Crippen molar-refractivity contribution < 1.29 is 4.42 Å². The van der Waals surface area contributed by atoms with Gasteiger partial charge in [-0.2, -0.15) is 0 Å². The van der Waals surface area contributed by atoms with Crippen LogP contribution in [0.5, 0.6) is 0 Å². The van der Waals surface area contributed by atoms with Gasteiger partial charge in [0.05, 0.1) is 5.69 Å². The van der Waals surface area contributed by atoms with Crippen LogP contribution in [0.1, 0.15) is 0 Å². The Morgan fingerprint density at radius 1 is 0.377 bits per heavy atom. The first-order valence-corrected chi connectivity index (χ1v) is 18.8. The number of thiophene rings is 1. The second-order valence-corrected chi connectivity index (χ2v) is 14.8. The second-order valence-electron chi connectivity index (χ2n) is 13.7. The fraction of sp³-hybridized carbons (Fsp3) is 0. The largest absolute Gasteiger partial charge is 0.454 e. The number of fused-ring (bicyclic) bond motifs is 8. The van der Waals surface area contributed by atoms with E-state index in [1.807, 2.05) is 11.3 Å². The smallest absolute Gasteiger partial charge is 0.160 e. The van der Waals surface area contributed by atoms with Gasteiger partial charge in [0.1, 0.15) is 5.58 Å². The predicted octanol–water partition coefficient (Wildman–Crippen LogP) is 15.1. The number of hydrogen-bond acceptors (Lipinski definition) is 3. The van der Waals surface area contributed by atoms with E-state index in [0.717, 1.165) is 44.6 Å². The standard InChI is InChI=1S/C50H31NOS/c1-2-12-35-30-36(21-20-32(35)10-1)33-22-24-37(25-23-33)51(38-26-27-43-42-16-6-8-19-47(42)53-48(43)31-38)49-44(40-17-9-13-34-11-3-4-14-39(34)40)28-29-45-41-15-5-7-18-46(41)52-50(45)49/h1-31H. The molecular weight excluding hydrogens is 663 g/mol. The van der Waals surface area contributed by atoms with Crippen molar-refractivity contribution in [2.45, 2.75) is 0 Å². The van der Waals surface area contributed by atoms with Crippen molar-refractivity contribution in [3.63, 3.8) is 0 Å². The van der Waals surface area contributed by atoms with E-state index in [-0.39, 0.29) is 0 Å². The van der Waals surface area contributed by atoms with Crippen molar-refractivity contribution in [2.75, 3.05) is 4.90 Å². The van der Waals surface area contributed by atoms with Gasteiger partial charge < -0.3 is 9.32 Å². The quantitative estimate of drug-likeness (QED) is 0.178. The lowest BCUT2D eigenvalue weighted by Gasteiger charge is -2.28. The minimum atomic E-state index is 0.867. The van der Waals surface area contributed by atoms with Gasteiger partial charge in [-0.3, -0.25) is 0 Å². The molecular formula is C50H31NOS. The highest BCUT2D eigenvalue weighted by atomic mass is 32.1. The van der Waals surface area contributed by atoms with Gasteiger partial charge in [-0.1, -0.05) is 140 Å². The highest BCUT2D eigenvalue weighted by Gasteiger charge is 2.25. The summed E-state index contributed by atoms with van der Waals surface area (Å²) >= 11 is 1.84. The average Bonchev–Trinajstić information content (AvgIpc) is 3.79. The first-order chi connectivity index (χ1) is 26.3. The zero-order chi connectivity index (χ0) is 34.9. The number of hydrogen-bond donors (Lipinski definition) is 0. The molecule has 2 heterocycles. The molecule has 53 heavy (non-hydrogen) atoms. The van der Waals surface area contributed by atoms with Crippen LogP contribution in [-0.2, 0) is 0 Å². The lowest BCUT2D eigenvalue weighted by atomic mass is 9.94. The van der Waals surface area contributed by atoms with Crippen molar-refractivity contribution in [3.8, 4) is 22.3 Å². The molecule has 0 aliphatic heterocycles. The van der Waals surface area contributed by atoms with Gasteiger partial charge in [0.25, 0.3) is 0 Å². The Morgan fingerprint density at radius 3 is 1.92 bits per heavy atom. The molecule has 0 N–H and O–H groups in total. The van der Waals surface area contributed by atoms with E-state index in [1.54, 1.807) is 0 Å². The molecule has 2 nitrogen and oxygen atoms in total. The highest BCUT2D eigenvalue weighted by Crippen LogP contribution is 2.50. The molecule has 0 aliphatic rings. The molecule has 0 saturated carbocycles. The minimum Gasteiger partial charge on any atom is -0.454 e. The van der Waals surface area contributed by atoms with Crippen LogP contribution in [0.25, 0.3) is 85.9 Å². The number of para-hydroxylation sites is 1. The summed E-state index contributed by atoms with van der Waals surface area (Å²) in [6, 6.07) is 68.0. The van der Waals surface area contributed by atoms with E-state index in [0.29, 0.717) is 0 Å². The molecule has 0 radical (unpaired) electrons. The molecule has 0 saturated heterocycles. The van der Waals surface area contributed by atoms with Gasteiger partial charge in [0, 0.05) is 47.9 Å². The summed E-state index contributed by atoms with van der Waals surface area (Å²) in [5.74, 6) is 0. The lowest BCUT2D eigenvalue weighted by molar-refractivity contribution is 0.669. The summed E-state index contributed by atoms with van der Waals surface area (Å²) in [7, 11) is 0. The van der Waals surface area contributed by atoms with Crippen molar-refractivity contribution in [1.29, 1.82) is 0 Å². The Balaban J connectivity index is 1.20. The first kappa shape index (κ1) is 30.0. The number of benzene rings is 9. The third kappa shape index (κ3) is 4.86. The number of furan rings is 1. The molecule has 0 bridgehead atoms. The third-order valence-corrected chi connectivity index (χ3v) is 11.8. The highest BCUT2D eigenvalue weighted by molar-refractivity contribution is 7.25. The molecule has 11 aromatic rings. The van der Waals surface area contributed by atoms with Crippen LogP contribution in [0, 0.1) is 0 Å².